The van der Waals surface area contributed by atoms with Gasteiger partial charge in [-0.1, -0.05) is 30.3 Å². The Labute approximate surface area is 162 Å². The van der Waals surface area contributed by atoms with E-state index in [4.69, 9.17) is 0 Å². The number of carbonyl (C=O) groups is 1. The van der Waals surface area contributed by atoms with Gasteiger partial charge in [0, 0.05) is 46.8 Å². The smallest absolute Gasteiger partial charge is 0.292 e. The minimum Gasteiger partial charge on any atom is -0.292 e. The van der Waals surface area contributed by atoms with E-state index in [1.165, 1.54) is 12.1 Å². The van der Waals surface area contributed by atoms with Gasteiger partial charge in [-0.3, -0.25) is 14.9 Å². The van der Waals surface area contributed by atoms with Crippen LogP contribution in [-0.2, 0) is 0 Å². The Kier molecular flexibility index (Phi) is 5.75. The third-order valence-electron chi connectivity index (χ3n) is 3.38. The fourth-order valence-corrected chi connectivity index (χ4v) is 2.87. The predicted octanol–water partition coefficient (Wildman–Crippen LogP) is 2.71. The summed E-state index contributed by atoms with van der Waals surface area (Å²) in [5.41, 5.74) is 0.851. The van der Waals surface area contributed by atoms with Crippen LogP contribution in [0.2, 0.25) is 0 Å². The molecule has 0 amide bonds. The number of aromatic nitrogens is 2. The van der Waals surface area contributed by atoms with Crippen LogP contribution in [-0.4, -0.2) is 49.0 Å². The number of hydrogen-bond donors (Lipinski definition) is 0. The molecule has 1 atom stereocenters. The van der Waals surface area contributed by atoms with Crippen LogP contribution in [0.15, 0.2) is 42.5 Å². The Morgan fingerprint density at radius 1 is 1.17 bits per heavy atom. The topological polar surface area (TPSA) is 110 Å². The number of Topliss-reactive ketones (excluding diaryl/α,β-unsaturated/α-hetero) is 1. The average molecular weight is 347 g/mol. The van der Waals surface area contributed by atoms with Crippen LogP contribution in [0.1, 0.15) is 21.8 Å². The van der Waals surface area contributed by atoms with Gasteiger partial charge in [0.15, 0.2) is 11.3 Å². The molecule has 7 nitrogen and oxygen atoms in total. The molecular formula is C15H8N4NaO3S. The Morgan fingerprint density at radius 2 is 1.83 bits per heavy atom. The number of nitro benzene ring substituents is 1. The molecule has 0 aliphatic heterocycles. The summed E-state index contributed by atoms with van der Waals surface area (Å²) in [5.74, 6) is -1.47. The van der Waals surface area contributed by atoms with Gasteiger partial charge in [-0.15, -0.1) is 0 Å². The average Bonchev–Trinajstić information content (AvgIpc) is 3.05. The Balaban J connectivity index is 0.00000208. The zero-order chi connectivity index (χ0) is 16.4. The van der Waals surface area contributed by atoms with E-state index < -0.39 is 10.8 Å². The number of hydrogen-bond acceptors (Lipinski definition) is 7. The van der Waals surface area contributed by atoms with Gasteiger partial charge in [0.2, 0.25) is 0 Å². The van der Waals surface area contributed by atoms with E-state index in [1.54, 1.807) is 30.3 Å². The SMILES string of the molecule is N#CC(C(=O)c1ccccc1)c1ccc([N+](=O)[O-])c2nsnc12.[Na]. The quantitative estimate of drug-likeness (QED) is 0.311. The van der Waals surface area contributed by atoms with Gasteiger partial charge in [0.1, 0.15) is 11.4 Å². The Hall–Kier alpha value is -2.18. The molecule has 0 spiro atoms. The van der Waals surface area contributed by atoms with E-state index in [2.05, 4.69) is 8.75 Å². The molecule has 0 aliphatic carbocycles. The van der Waals surface area contributed by atoms with E-state index in [-0.39, 0.29) is 52.1 Å². The molecule has 1 aromatic heterocycles. The first-order chi connectivity index (χ1) is 11.1. The fraction of sp³-hybridized carbons (Fsp3) is 0.0667. The number of nitrogens with zero attached hydrogens (tertiary/aromatic N) is 4. The molecule has 2 aromatic carbocycles. The second-order valence-electron chi connectivity index (χ2n) is 4.68. The van der Waals surface area contributed by atoms with E-state index in [9.17, 15) is 20.2 Å². The molecule has 1 unspecified atom stereocenters. The number of fused-ring (bicyclic) bond motifs is 1. The van der Waals surface area contributed by atoms with Crippen molar-refractivity contribution in [3.8, 4) is 6.07 Å². The maximum absolute atomic E-state index is 12.6. The first kappa shape index (κ1) is 18.2. The number of benzene rings is 2. The van der Waals surface area contributed by atoms with Crippen molar-refractivity contribution in [2.45, 2.75) is 5.92 Å². The van der Waals surface area contributed by atoms with Crippen molar-refractivity contribution in [3.05, 3.63) is 63.7 Å². The van der Waals surface area contributed by atoms with Crippen molar-refractivity contribution < 1.29 is 9.72 Å². The zero-order valence-electron chi connectivity index (χ0n) is 12.5. The minimum atomic E-state index is -1.09. The molecule has 1 radical (unpaired) electrons. The monoisotopic (exact) mass is 347 g/mol. The molecular weight excluding hydrogens is 339 g/mol. The van der Waals surface area contributed by atoms with Gasteiger partial charge in [0.05, 0.1) is 22.7 Å². The molecule has 113 valence electrons. The third-order valence-corrected chi connectivity index (χ3v) is 3.91. The van der Waals surface area contributed by atoms with Crippen LogP contribution in [0, 0.1) is 21.4 Å². The zero-order valence-corrected chi connectivity index (χ0v) is 15.4. The molecule has 0 N–H and O–H groups in total. The summed E-state index contributed by atoms with van der Waals surface area (Å²) >= 11 is 0.809. The Bertz CT molecular complexity index is 952. The van der Waals surface area contributed by atoms with Crippen molar-refractivity contribution in [1.82, 2.24) is 8.75 Å². The van der Waals surface area contributed by atoms with Crippen LogP contribution in [0.25, 0.3) is 11.0 Å². The third kappa shape index (κ3) is 3.20. The van der Waals surface area contributed by atoms with Crippen LogP contribution < -0.4 is 0 Å². The number of rotatable bonds is 4. The summed E-state index contributed by atoms with van der Waals surface area (Å²) in [6.07, 6.45) is 0. The molecule has 9 heteroatoms. The fourth-order valence-electron chi connectivity index (χ4n) is 2.29. The van der Waals surface area contributed by atoms with Gasteiger partial charge in [-0.2, -0.15) is 14.0 Å². The van der Waals surface area contributed by atoms with E-state index in [0.29, 0.717) is 11.1 Å². The standard InChI is InChI=1S/C15H8N4O3S.Na/c16-8-11(15(20)9-4-2-1-3-5-9)10-6-7-12(19(21)22)14-13(10)17-23-18-14;/h1-7,11H;. The molecule has 3 aromatic rings. The molecule has 0 fully saturated rings. The van der Waals surface area contributed by atoms with Crippen molar-refractivity contribution in [1.29, 1.82) is 5.26 Å². The van der Waals surface area contributed by atoms with E-state index in [1.807, 2.05) is 6.07 Å². The van der Waals surface area contributed by atoms with Crippen molar-refractivity contribution >= 4 is 63.8 Å². The molecule has 1 heterocycles. The molecule has 0 aliphatic rings. The summed E-state index contributed by atoms with van der Waals surface area (Å²) in [6, 6.07) is 13.0. The van der Waals surface area contributed by atoms with Crippen LogP contribution in [0.5, 0.6) is 0 Å². The summed E-state index contributed by atoms with van der Waals surface area (Å²) in [6.45, 7) is 0. The van der Waals surface area contributed by atoms with Gasteiger partial charge in [-0.05, 0) is 6.07 Å². The maximum Gasteiger partial charge on any atom is 0.298 e. The van der Waals surface area contributed by atoms with Crippen molar-refractivity contribution in [2.75, 3.05) is 0 Å². The second-order valence-corrected chi connectivity index (χ2v) is 5.21. The normalized spacial score (nSPS) is 11.3. The largest absolute Gasteiger partial charge is 0.298 e. The van der Waals surface area contributed by atoms with Gasteiger partial charge in [-0.25, -0.2) is 0 Å². The van der Waals surface area contributed by atoms with Crippen LogP contribution in [0.4, 0.5) is 5.69 Å². The van der Waals surface area contributed by atoms with E-state index >= 15 is 0 Å². The first-order valence-electron chi connectivity index (χ1n) is 6.52. The number of nitro groups is 1. The molecule has 24 heavy (non-hydrogen) atoms. The molecule has 3 rings (SSSR count). The maximum atomic E-state index is 12.6. The van der Waals surface area contributed by atoms with Crippen molar-refractivity contribution in [2.24, 2.45) is 0 Å². The van der Waals surface area contributed by atoms with Gasteiger partial charge >= 0.3 is 0 Å². The predicted molar refractivity (Wildman–Crippen MR) is 88.9 cm³/mol. The van der Waals surface area contributed by atoms with Crippen LogP contribution in [0.3, 0.4) is 0 Å². The molecule has 0 bridgehead atoms. The summed E-state index contributed by atoms with van der Waals surface area (Å²) in [4.78, 5) is 23.0. The number of non-ortho nitro benzene ring substituents is 1. The van der Waals surface area contributed by atoms with Crippen molar-refractivity contribution in [3.63, 3.8) is 0 Å². The number of nitriles is 1. The first-order valence-corrected chi connectivity index (χ1v) is 7.25. The second kappa shape index (κ2) is 7.59. The minimum absolute atomic E-state index is 0. The number of ketones is 1. The molecule has 0 saturated carbocycles. The molecule has 0 saturated heterocycles. The van der Waals surface area contributed by atoms with E-state index in [0.717, 1.165) is 11.7 Å². The number of carbonyl (C=O) groups excluding carboxylic acids is 1. The Morgan fingerprint density at radius 3 is 2.46 bits per heavy atom. The summed E-state index contributed by atoms with van der Waals surface area (Å²) < 4.78 is 7.95. The van der Waals surface area contributed by atoms with Gasteiger partial charge in [0.25, 0.3) is 5.69 Å². The van der Waals surface area contributed by atoms with Crippen LogP contribution >= 0.6 is 11.7 Å². The van der Waals surface area contributed by atoms with Gasteiger partial charge < -0.3 is 0 Å². The summed E-state index contributed by atoms with van der Waals surface area (Å²) in [7, 11) is 0. The summed E-state index contributed by atoms with van der Waals surface area (Å²) in [5, 5.41) is 20.5.